The third kappa shape index (κ3) is 1.91. The van der Waals surface area contributed by atoms with Crippen molar-refractivity contribution in [2.75, 3.05) is 20.2 Å². The van der Waals surface area contributed by atoms with Crippen molar-refractivity contribution < 1.29 is 9.47 Å². The van der Waals surface area contributed by atoms with Crippen LogP contribution in [-0.2, 0) is 16.8 Å². The van der Waals surface area contributed by atoms with Crippen LogP contribution in [0.25, 0.3) is 0 Å². The second kappa shape index (κ2) is 4.56. The molecule has 0 saturated carbocycles. The van der Waals surface area contributed by atoms with Crippen LogP contribution in [0.15, 0.2) is 18.2 Å². The maximum atomic E-state index is 6.31. The lowest BCUT2D eigenvalue weighted by Crippen LogP contribution is -2.52. The highest BCUT2D eigenvalue weighted by Crippen LogP contribution is 2.41. The van der Waals surface area contributed by atoms with E-state index in [1.54, 1.807) is 7.11 Å². The number of fused-ring (bicyclic) bond motifs is 2. The van der Waals surface area contributed by atoms with Gasteiger partial charge in [0.05, 0.1) is 13.2 Å². The van der Waals surface area contributed by atoms with Crippen LogP contribution in [0.5, 0.6) is 5.75 Å². The maximum Gasteiger partial charge on any atom is 0.119 e. The van der Waals surface area contributed by atoms with Crippen molar-refractivity contribution >= 4 is 0 Å². The van der Waals surface area contributed by atoms with Crippen molar-refractivity contribution in [1.82, 2.24) is 5.32 Å². The van der Waals surface area contributed by atoms with Crippen molar-refractivity contribution in [3.8, 4) is 5.75 Å². The van der Waals surface area contributed by atoms with E-state index in [1.807, 2.05) is 0 Å². The second-order valence-corrected chi connectivity index (χ2v) is 5.43. The van der Waals surface area contributed by atoms with Crippen molar-refractivity contribution in [2.45, 2.75) is 37.9 Å². The molecule has 0 bridgehead atoms. The maximum absolute atomic E-state index is 6.31. The van der Waals surface area contributed by atoms with Crippen LogP contribution in [0.4, 0.5) is 0 Å². The number of morpholine rings is 1. The lowest BCUT2D eigenvalue weighted by molar-refractivity contribution is -0.123. The zero-order chi connectivity index (χ0) is 12.6. The number of hydrogen-bond acceptors (Lipinski definition) is 3. The van der Waals surface area contributed by atoms with Crippen molar-refractivity contribution in [1.29, 1.82) is 0 Å². The predicted octanol–water partition coefficient (Wildman–Crippen LogP) is 2.24. The summed E-state index contributed by atoms with van der Waals surface area (Å²) in [5, 5.41) is 3.51. The molecule has 1 aliphatic heterocycles. The molecule has 0 radical (unpaired) electrons. The Hall–Kier alpha value is -1.06. The molecule has 2 unspecified atom stereocenters. The van der Waals surface area contributed by atoms with E-state index >= 15 is 0 Å². The van der Waals surface area contributed by atoms with Gasteiger partial charge in [0, 0.05) is 13.1 Å². The lowest BCUT2D eigenvalue weighted by atomic mass is 9.78. The van der Waals surface area contributed by atoms with Crippen LogP contribution in [0, 0.1) is 0 Å². The molecule has 2 atom stereocenters. The fourth-order valence-corrected chi connectivity index (χ4v) is 3.30. The fraction of sp³-hybridized carbons (Fsp3) is 0.600. The molecule has 3 rings (SSSR count). The summed E-state index contributed by atoms with van der Waals surface area (Å²) >= 11 is 0. The molecule has 1 aromatic carbocycles. The van der Waals surface area contributed by atoms with Gasteiger partial charge in [0.25, 0.3) is 0 Å². The summed E-state index contributed by atoms with van der Waals surface area (Å²) in [5.74, 6) is 0.947. The molecule has 1 spiro atoms. The summed E-state index contributed by atoms with van der Waals surface area (Å²) in [6.07, 6.45) is 3.72. The Morgan fingerprint density at radius 1 is 1.44 bits per heavy atom. The molecular weight excluding hydrogens is 226 g/mol. The quantitative estimate of drug-likeness (QED) is 0.825. The number of nitrogens with one attached hydrogen (secondary N) is 1. The molecule has 2 aliphatic rings. The second-order valence-electron chi connectivity index (χ2n) is 5.43. The molecule has 18 heavy (non-hydrogen) atoms. The van der Waals surface area contributed by atoms with Crippen molar-refractivity contribution in [3.05, 3.63) is 29.3 Å². The Kier molecular flexibility index (Phi) is 3.04. The van der Waals surface area contributed by atoms with Gasteiger partial charge in [-0.25, -0.2) is 0 Å². The molecule has 1 heterocycles. The molecule has 1 aliphatic carbocycles. The first-order chi connectivity index (χ1) is 8.73. The number of aryl methyl sites for hydroxylation is 1. The molecule has 3 heteroatoms. The normalized spacial score (nSPS) is 31.1. The topological polar surface area (TPSA) is 30.5 Å². The van der Waals surface area contributed by atoms with E-state index in [4.69, 9.17) is 9.47 Å². The Balaban J connectivity index is 2.00. The Bertz CT molecular complexity index is 446. The Labute approximate surface area is 108 Å². The van der Waals surface area contributed by atoms with Gasteiger partial charge in [0.2, 0.25) is 0 Å². The third-order valence-electron chi connectivity index (χ3n) is 4.10. The first-order valence-corrected chi connectivity index (χ1v) is 6.79. The van der Waals surface area contributed by atoms with Gasteiger partial charge in [0.15, 0.2) is 0 Å². The van der Waals surface area contributed by atoms with Gasteiger partial charge < -0.3 is 14.8 Å². The molecule has 1 saturated heterocycles. The summed E-state index contributed by atoms with van der Waals surface area (Å²) in [6.45, 7) is 4.02. The van der Waals surface area contributed by atoms with Gasteiger partial charge >= 0.3 is 0 Å². The third-order valence-corrected chi connectivity index (χ3v) is 4.10. The molecule has 1 fully saturated rings. The Morgan fingerprint density at radius 2 is 2.33 bits per heavy atom. The molecule has 98 valence electrons. The molecule has 1 N–H and O–H groups in total. The van der Waals surface area contributed by atoms with E-state index in [9.17, 15) is 0 Å². The van der Waals surface area contributed by atoms with E-state index < -0.39 is 0 Å². The first-order valence-electron chi connectivity index (χ1n) is 6.79. The smallest absolute Gasteiger partial charge is 0.119 e. The summed E-state index contributed by atoms with van der Waals surface area (Å²) in [6, 6.07) is 6.40. The van der Waals surface area contributed by atoms with Gasteiger partial charge in [-0.3, -0.25) is 0 Å². The van der Waals surface area contributed by atoms with Gasteiger partial charge in [-0.05, 0) is 49.4 Å². The predicted molar refractivity (Wildman–Crippen MR) is 71.0 cm³/mol. The Morgan fingerprint density at radius 3 is 3.11 bits per heavy atom. The van der Waals surface area contributed by atoms with Crippen LogP contribution in [0.1, 0.15) is 30.9 Å². The summed E-state index contributed by atoms with van der Waals surface area (Å²) in [7, 11) is 1.72. The molecule has 3 nitrogen and oxygen atoms in total. The molecule has 0 amide bonds. The number of methoxy groups -OCH3 is 1. The van der Waals surface area contributed by atoms with Crippen molar-refractivity contribution in [2.24, 2.45) is 0 Å². The summed E-state index contributed by atoms with van der Waals surface area (Å²) < 4.78 is 11.6. The lowest BCUT2D eigenvalue weighted by Gasteiger charge is -2.44. The minimum atomic E-state index is -0.114. The number of benzene rings is 1. The van der Waals surface area contributed by atoms with Crippen molar-refractivity contribution in [3.63, 3.8) is 0 Å². The van der Waals surface area contributed by atoms with Gasteiger partial charge in [-0.1, -0.05) is 6.07 Å². The van der Waals surface area contributed by atoms with E-state index in [0.29, 0.717) is 0 Å². The van der Waals surface area contributed by atoms with Crippen LogP contribution >= 0.6 is 0 Å². The molecule has 0 aromatic heterocycles. The van der Waals surface area contributed by atoms with Gasteiger partial charge in [-0.15, -0.1) is 0 Å². The summed E-state index contributed by atoms with van der Waals surface area (Å²) in [5.41, 5.74) is 2.63. The summed E-state index contributed by atoms with van der Waals surface area (Å²) in [4.78, 5) is 0. The molecular formula is C15H21NO2. The largest absolute Gasteiger partial charge is 0.497 e. The van der Waals surface area contributed by atoms with Crippen LogP contribution < -0.4 is 10.1 Å². The SMILES string of the molecule is COc1ccc2c(c1)CCCC21CNCC(C)O1. The zero-order valence-corrected chi connectivity index (χ0v) is 11.2. The van der Waals surface area contributed by atoms with Crippen LogP contribution in [0.2, 0.25) is 0 Å². The minimum Gasteiger partial charge on any atom is -0.497 e. The number of rotatable bonds is 1. The highest BCUT2D eigenvalue weighted by atomic mass is 16.5. The van der Waals surface area contributed by atoms with E-state index in [2.05, 4.69) is 30.4 Å². The zero-order valence-electron chi connectivity index (χ0n) is 11.2. The van der Waals surface area contributed by atoms with Gasteiger partial charge in [0.1, 0.15) is 11.4 Å². The first kappa shape index (κ1) is 12.0. The minimum absolute atomic E-state index is 0.114. The number of ether oxygens (including phenoxy) is 2. The van der Waals surface area contributed by atoms with Gasteiger partial charge in [-0.2, -0.15) is 0 Å². The number of hydrogen-bond donors (Lipinski definition) is 1. The van der Waals surface area contributed by atoms with E-state index in [0.717, 1.165) is 31.7 Å². The van der Waals surface area contributed by atoms with E-state index in [-0.39, 0.29) is 11.7 Å². The monoisotopic (exact) mass is 247 g/mol. The average molecular weight is 247 g/mol. The van der Waals surface area contributed by atoms with Crippen LogP contribution in [0.3, 0.4) is 0 Å². The van der Waals surface area contributed by atoms with Crippen LogP contribution in [-0.4, -0.2) is 26.3 Å². The average Bonchev–Trinajstić information content (AvgIpc) is 2.38. The van der Waals surface area contributed by atoms with E-state index in [1.165, 1.54) is 17.5 Å². The highest BCUT2D eigenvalue weighted by molar-refractivity contribution is 5.41. The highest BCUT2D eigenvalue weighted by Gasteiger charge is 2.40. The fourth-order valence-electron chi connectivity index (χ4n) is 3.30. The standard InChI is InChI=1S/C15H21NO2/c1-11-9-16-10-15(18-11)7-3-4-12-8-13(17-2)5-6-14(12)15/h5-6,8,11,16H,3-4,7,9-10H2,1-2H3. The molecule has 1 aromatic rings.